The van der Waals surface area contributed by atoms with Crippen LogP contribution in [0.4, 0.5) is 5.69 Å². The first-order valence-corrected chi connectivity index (χ1v) is 10.5. The first-order valence-electron chi connectivity index (χ1n) is 10.5. The van der Waals surface area contributed by atoms with Crippen LogP contribution in [0.2, 0.25) is 0 Å². The zero-order valence-corrected chi connectivity index (χ0v) is 16.5. The highest BCUT2D eigenvalue weighted by molar-refractivity contribution is 6.20. The Balaban J connectivity index is 1.38. The van der Waals surface area contributed by atoms with Gasteiger partial charge in [-0.15, -0.1) is 0 Å². The molecule has 0 spiro atoms. The molecule has 3 amide bonds. The van der Waals surface area contributed by atoms with Gasteiger partial charge in [-0.1, -0.05) is 18.9 Å². The van der Waals surface area contributed by atoms with Gasteiger partial charge in [0.05, 0.1) is 11.3 Å². The summed E-state index contributed by atoms with van der Waals surface area (Å²) in [6.07, 6.45) is 7.12. The summed E-state index contributed by atoms with van der Waals surface area (Å²) >= 11 is 0. The molecule has 2 heterocycles. The normalized spacial score (nSPS) is 24.4. The van der Waals surface area contributed by atoms with E-state index in [2.05, 4.69) is 0 Å². The van der Waals surface area contributed by atoms with E-state index < -0.39 is 5.97 Å². The van der Waals surface area contributed by atoms with Gasteiger partial charge in [-0.05, 0) is 49.8 Å². The van der Waals surface area contributed by atoms with Crippen LogP contribution in [0.3, 0.4) is 0 Å². The minimum Gasteiger partial charge on any atom is -0.452 e. The van der Waals surface area contributed by atoms with Gasteiger partial charge in [0.2, 0.25) is 11.8 Å². The van der Waals surface area contributed by atoms with E-state index in [9.17, 15) is 19.2 Å². The second-order valence-electron chi connectivity index (χ2n) is 8.09. The lowest BCUT2D eigenvalue weighted by molar-refractivity contribution is -0.140. The van der Waals surface area contributed by atoms with Gasteiger partial charge in [0, 0.05) is 25.4 Å². The molecule has 1 aromatic rings. The van der Waals surface area contributed by atoms with Gasteiger partial charge in [-0.2, -0.15) is 0 Å². The maximum atomic E-state index is 12.7. The Morgan fingerprint density at radius 3 is 2.52 bits per heavy atom. The third-order valence-corrected chi connectivity index (χ3v) is 6.28. The Kier molecular flexibility index (Phi) is 5.65. The van der Waals surface area contributed by atoms with Crippen LogP contribution >= 0.6 is 0 Å². The van der Waals surface area contributed by atoms with E-state index >= 15 is 0 Å². The van der Waals surface area contributed by atoms with E-state index in [0.29, 0.717) is 11.6 Å². The van der Waals surface area contributed by atoms with Crippen molar-refractivity contribution in [2.24, 2.45) is 5.92 Å². The van der Waals surface area contributed by atoms with Crippen molar-refractivity contribution >= 4 is 29.4 Å². The van der Waals surface area contributed by atoms with E-state index in [1.165, 1.54) is 25.3 Å². The molecule has 3 aliphatic rings. The number of hydrogen-bond donors (Lipinski definition) is 0. The molecule has 1 aliphatic carbocycles. The van der Waals surface area contributed by atoms with Crippen molar-refractivity contribution in [1.29, 1.82) is 0 Å². The summed E-state index contributed by atoms with van der Waals surface area (Å²) < 4.78 is 5.28. The molecule has 0 unspecified atom stereocenters. The van der Waals surface area contributed by atoms with Gasteiger partial charge in [0.1, 0.15) is 0 Å². The number of hydrogen-bond acceptors (Lipinski definition) is 5. The molecule has 29 heavy (non-hydrogen) atoms. The van der Waals surface area contributed by atoms with Crippen LogP contribution in [-0.4, -0.2) is 47.8 Å². The van der Waals surface area contributed by atoms with E-state index in [-0.39, 0.29) is 48.8 Å². The van der Waals surface area contributed by atoms with Crippen molar-refractivity contribution in [3.63, 3.8) is 0 Å². The molecule has 0 N–H and O–H groups in total. The number of benzene rings is 1. The van der Waals surface area contributed by atoms with Crippen molar-refractivity contribution in [3.05, 3.63) is 29.8 Å². The summed E-state index contributed by atoms with van der Waals surface area (Å²) in [5, 5.41) is 0. The summed E-state index contributed by atoms with van der Waals surface area (Å²) in [6, 6.07) is 6.51. The molecule has 2 atom stereocenters. The number of carbonyl (C=O) groups is 4. The molecule has 2 saturated heterocycles. The molecule has 3 fully saturated rings. The number of rotatable bonds is 4. The van der Waals surface area contributed by atoms with Crippen molar-refractivity contribution in [2.45, 2.75) is 57.4 Å². The summed E-state index contributed by atoms with van der Waals surface area (Å²) in [6.45, 7) is 0.445. The molecule has 0 radical (unpaired) electrons. The van der Waals surface area contributed by atoms with E-state index in [1.807, 2.05) is 4.90 Å². The average molecular weight is 398 g/mol. The number of amides is 3. The minimum atomic E-state index is -0.628. The van der Waals surface area contributed by atoms with Crippen molar-refractivity contribution in [1.82, 2.24) is 4.90 Å². The number of nitrogens with zero attached hydrogens (tertiary/aromatic N) is 2. The highest BCUT2D eigenvalue weighted by Gasteiger charge is 2.36. The van der Waals surface area contributed by atoms with Crippen molar-refractivity contribution in [3.8, 4) is 0 Å². The second kappa shape index (κ2) is 8.35. The zero-order chi connectivity index (χ0) is 20.4. The smallest absolute Gasteiger partial charge is 0.338 e. The molecular formula is C22H26N2O5. The fraction of sp³-hybridized carbons (Fsp3) is 0.545. The number of ether oxygens (including phenoxy) is 1. The fourth-order valence-electron chi connectivity index (χ4n) is 4.86. The standard InChI is InChI=1S/C22H26N2O5/c25-19-10-11-20(26)24(19)17-8-3-6-16(13-17)22(28)29-14-21(27)23-12-4-7-15-5-1-2-9-18(15)23/h3,6,8,13,15,18H,1-2,4-5,7,9-12,14H2/t15-,18-/m0/s1. The van der Waals surface area contributed by atoms with Crippen LogP contribution in [0, 0.1) is 5.92 Å². The topological polar surface area (TPSA) is 84.0 Å². The maximum absolute atomic E-state index is 12.7. The van der Waals surface area contributed by atoms with Crippen LogP contribution in [0.1, 0.15) is 61.7 Å². The SMILES string of the molecule is O=C(OCC(=O)N1CCC[C@@H]2CCCC[C@@H]21)c1cccc(N2C(=O)CCC2=O)c1. The van der Waals surface area contributed by atoms with Crippen LogP contribution in [-0.2, 0) is 19.1 Å². The largest absolute Gasteiger partial charge is 0.452 e. The number of piperidine rings is 1. The molecule has 0 aromatic heterocycles. The maximum Gasteiger partial charge on any atom is 0.338 e. The van der Waals surface area contributed by atoms with Crippen molar-refractivity contribution < 1.29 is 23.9 Å². The Labute approximate surface area is 170 Å². The van der Waals surface area contributed by atoms with E-state index in [4.69, 9.17) is 4.74 Å². The fourth-order valence-corrected chi connectivity index (χ4v) is 4.86. The van der Waals surface area contributed by atoms with Crippen LogP contribution in [0.15, 0.2) is 24.3 Å². The molecular weight excluding hydrogens is 372 g/mol. The first kappa shape index (κ1) is 19.6. The summed E-state index contributed by atoms with van der Waals surface area (Å²) in [5.41, 5.74) is 0.580. The molecule has 2 aliphatic heterocycles. The predicted molar refractivity (Wildman–Crippen MR) is 105 cm³/mol. The number of imide groups is 1. The van der Waals surface area contributed by atoms with Crippen LogP contribution < -0.4 is 4.90 Å². The Morgan fingerprint density at radius 1 is 1.00 bits per heavy atom. The van der Waals surface area contributed by atoms with Crippen LogP contribution in [0.5, 0.6) is 0 Å². The molecule has 1 saturated carbocycles. The first-order chi connectivity index (χ1) is 14.0. The summed E-state index contributed by atoms with van der Waals surface area (Å²) in [4.78, 5) is 52.0. The monoisotopic (exact) mass is 398 g/mol. The molecule has 4 rings (SSSR count). The van der Waals surface area contributed by atoms with Gasteiger partial charge < -0.3 is 9.64 Å². The third-order valence-electron chi connectivity index (χ3n) is 6.28. The Morgan fingerprint density at radius 2 is 1.72 bits per heavy atom. The van der Waals surface area contributed by atoms with Crippen molar-refractivity contribution in [2.75, 3.05) is 18.1 Å². The number of esters is 1. The number of likely N-dealkylation sites (tertiary alicyclic amines) is 1. The van der Waals surface area contributed by atoms with E-state index in [0.717, 1.165) is 30.7 Å². The molecule has 0 bridgehead atoms. The lowest BCUT2D eigenvalue weighted by atomic mass is 9.78. The van der Waals surface area contributed by atoms with Crippen LogP contribution in [0.25, 0.3) is 0 Å². The van der Waals surface area contributed by atoms with Gasteiger partial charge in [-0.25, -0.2) is 4.79 Å². The summed E-state index contributed by atoms with van der Waals surface area (Å²) in [7, 11) is 0. The molecule has 154 valence electrons. The van der Waals surface area contributed by atoms with Gasteiger partial charge in [-0.3, -0.25) is 19.3 Å². The van der Waals surface area contributed by atoms with E-state index in [1.54, 1.807) is 18.2 Å². The lowest BCUT2D eigenvalue weighted by Crippen LogP contribution is -2.50. The van der Waals surface area contributed by atoms with Gasteiger partial charge >= 0.3 is 5.97 Å². The zero-order valence-electron chi connectivity index (χ0n) is 16.5. The minimum absolute atomic E-state index is 0.143. The number of carbonyl (C=O) groups excluding carboxylic acids is 4. The highest BCUT2D eigenvalue weighted by atomic mass is 16.5. The molecule has 1 aromatic carbocycles. The second-order valence-corrected chi connectivity index (χ2v) is 8.09. The number of anilines is 1. The quantitative estimate of drug-likeness (QED) is 0.575. The average Bonchev–Trinajstić information content (AvgIpc) is 3.09. The molecule has 7 nitrogen and oxygen atoms in total. The number of fused-ring (bicyclic) bond motifs is 1. The predicted octanol–water partition coefficient (Wildman–Crippen LogP) is 2.68. The Hall–Kier alpha value is -2.70. The van der Waals surface area contributed by atoms with Gasteiger partial charge in [0.15, 0.2) is 6.61 Å². The third kappa shape index (κ3) is 4.04. The Bertz CT molecular complexity index is 818. The van der Waals surface area contributed by atoms with Gasteiger partial charge in [0.25, 0.3) is 5.91 Å². The summed E-state index contributed by atoms with van der Waals surface area (Å²) in [5.74, 6) is -0.748. The molecule has 7 heteroatoms. The lowest BCUT2D eigenvalue weighted by Gasteiger charge is -2.44. The highest BCUT2D eigenvalue weighted by Crippen LogP contribution is 2.35.